The predicted molar refractivity (Wildman–Crippen MR) is 47.7 cm³/mol. The van der Waals surface area contributed by atoms with Crippen molar-refractivity contribution in [1.29, 1.82) is 0 Å². The zero-order valence-electron chi connectivity index (χ0n) is 7.09. The highest BCUT2D eigenvalue weighted by Crippen LogP contribution is 2.35. The van der Waals surface area contributed by atoms with Gasteiger partial charge in [0.25, 0.3) is 15.9 Å². The Bertz CT molecular complexity index is 734. The van der Waals surface area contributed by atoms with Crippen LogP contribution in [0.1, 0.15) is 10.4 Å². The van der Waals surface area contributed by atoms with Crippen molar-refractivity contribution in [2.45, 2.75) is 4.90 Å². The summed E-state index contributed by atoms with van der Waals surface area (Å²) in [5.41, 5.74) is -0.546. The van der Waals surface area contributed by atoms with E-state index in [2.05, 4.69) is 0 Å². The number of nitrogens with zero attached hydrogens (tertiary/aromatic N) is 1. The Morgan fingerprint density at radius 1 is 1.20 bits per heavy atom. The van der Waals surface area contributed by atoms with Crippen molar-refractivity contribution in [3.8, 4) is 0 Å². The molecule has 0 saturated carbocycles. The number of fused-ring (bicyclic) bond motifs is 3. The van der Waals surface area contributed by atoms with Crippen LogP contribution in [-0.2, 0) is 10.0 Å². The fraction of sp³-hybridized carbons (Fsp3) is 0. The van der Waals surface area contributed by atoms with Crippen LogP contribution in [-0.4, -0.2) is 24.0 Å². The quantitative estimate of drug-likeness (QED) is 0.616. The third-order valence-electron chi connectivity index (χ3n) is 2.47. The zero-order valence-corrected chi connectivity index (χ0v) is 7.91. The Morgan fingerprint density at radius 2 is 1.87 bits per heavy atom. The molecule has 0 saturated heterocycles. The van der Waals surface area contributed by atoms with Crippen molar-refractivity contribution >= 4 is 26.7 Å². The summed E-state index contributed by atoms with van der Waals surface area (Å²) in [4.78, 5) is 22.2. The molecule has 1 aliphatic rings. The molecule has 0 bridgehead atoms. The van der Waals surface area contributed by atoms with E-state index in [1.54, 1.807) is 0 Å². The molecule has 0 aliphatic carbocycles. The second-order valence-electron chi connectivity index (χ2n) is 3.24. The molecular weight excluding hydrogens is 222 g/mol. The molecule has 1 amide bonds. The highest BCUT2D eigenvalue weighted by atomic mass is 32.2. The van der Waals surface area contributed by atoms with Crippen LogP contribution in [0, 0.1) is 0 Å². The Labute approximate surface area is 83.0 Å². The van der Waals surface area contributed by atoms with Crippen LogP contribution in [0.25, 0.3) is 10.8 Å². The molecule has 2 aromatic carbocycles. The second-order valence-corrected chi connectivity index (χ2v) is 4.98. The van der Waals surface area contributed by atoms with Gasteiger partial charge in [0, 0.05) is 10.8 Å². The normalized spacial score (nSPS) is 19.0. The van der Waals surface area contributed by atoms with E-state index in [9.17, 15) is 18.0 Å². The molecule has 1 N–H and O–H groups in total. The van der Waals surface area contributed by atoms with Gasteiger partial charge in [-0.15, -0.1) is 4.47 Å². The summed E-state index contributed by atoms with van der Waals surface area (Å²) in [6, 6.07) is 2.49. The molecular formula is C8H3NO5S. The molecule has 76 valence electrons. The van der Waals surface area contributed by atoms with Crippen LogP contribution in [0.2, 0.25) is 0 Å². The molecule has 1 heterocycles. The average Bonchev–Trinajstić information content (AvgIpc) is 2.82. The minimum Gasteiger partial charge on any atom is -0.289 e. The third kappa shape index (κ3) is 0.760. The fourth-order valence-electron chi connectivity index (χ4n) is 1.68. The maximum atomic E-state index is 11.4. The van der Waals surface area contributed by atoms with Crippen LogP contribution in [0.3, 0.4) is 0 Å². The first kappa shape index (κ1) is 8.57. The molecule has 7 heteroatoms. The van der Waals surface area contributed by atoms with Gasteiger partial charge in [0.15, 0.2) is 5.43 Å². The summed E-state index contributed by atoms with van der Waals surface area (Å²) in [6.45, 7) is 0. The number of rotatable bonds is 0. The van der Waals surface area contributed by atoms with Crippen molar-refractivity contribution in [2.24, 2.45) is 0 Å². The number of hydroxylamine groups is 1. The lowest BCUT2D eigenvalue weighted by Gasteiger charge is -2.02. The molecule has 2 aromatic rings. The van der Waals surface area contributed by atoms with Crippen molar-refractivity contribution in [3.63, 3.8) is 0 Å². The van der Waals surface area contributed by atoms with Gasteiger partial charge in [-0.1, -0.05) is 0 Å². The van der Waals surface area contributed by atoms with Gasteiger partial charge in [-0.3, -0.25) is 14.8 Å². The number of amides is 1. The lowest BCUT2D eigenvalue weighted by Crippen LogP contribution is -2.25. The Morgan fingerprint density at radius 3 is 2.53 bits per heavy atom. The molecule has 0 atom stereocenters. The van der Waals surface area contributed by atoms with Crippen molar-refractivity contribution < 1.29 is 18.4 Å². The summed E-state index contributed by atoms with van der Waals surface area (Å²) in [6.07, 6.45) is 0. The van der Waals surface area contributed by atoms with Crippen molar-refractivity contribution in [1.82, 2.24) is 4.47 Å². The number of carbonyl (C=O) groups excluding carboxylic acids is 1. The van der Waals surface area contributed by atoms with Crippen molar-refractivity contribution in [3.05, 3.63) is 27.9 Å². The van der Waals surface area contributed by atoms with Crippen LogP contribution in [0.5, 0.6) is 0 Å². The molecule has 1 aliphatic heterocycles. The Kier molecular flexibility index (Phi) is 1.20. The molecule has 0 spiro atoms. The van der Waals surface area contributed by atoms with E-state index < -0.39 is 15.9 Å². The largest absolute Gasteiger partial charge is 0.294 e. The Balaban J connectivity index is 2.54. The third-order valence-corrected chi connectivity index (χ3v) is 3.99. The first-order chi connectivity index (χ1) is 6.96. The molecule has 3 rings (SSSR count). The van der Waals surface area contributed by atoms with E-state index in [0.29, 0.717) is 5.39 Å². The van der Waals surface area contributed by atoms with Crippen molar-refractivity contribution in [2.75, 3.05) is 0 Å². The van der Waals surface area contributed by atoms with Gasteiger partial charge in [-0.2, -0.15) is 8.42 Å². The number of benzene rings is 1. The van der Waals surface area contributed by atoms with E-state index in [1.807, 2.05) is 0 Å². The minimum atomic E-state index is -4.16. The monoisotopic (exact) mass is 225 g/mol. The summed E-state index contributed by atoms with van der Waals surface area (Å²) in [5.74, 6) is -1.06. The first-order valence-electron chi connectivity index (χ1n) is 3.96. The molecule has 0 aromatic heterocycles. The fourth-order valence-corrected chi connectivity index (χ4v) is 2.87. The highest BCUT2D eigenvalue weighted by molar-refractivity contribution is 7.90. The van der Waals surface area contributed by atoms with Gasteiger partial charge in [0.1, 0.15) is 4.90 Å². The van der Waals surface area contributed by atoms with E-state index in [-0.39, 0.29) is 25.7 Å². The van der Waals surface area contributed by atoms with E-state index >= 15 is 0 Å². The molecule has 15 heavy (non-hydrogen) atoms. The smallest absolute Gasteiger partial charge is 0.289 e. The maximum Gasteiger partial charge on any atom is 0.294 e. The predicted octanol–water partition coefficient (Wildman–Crippen LogP) is -0.391. The molecule has 0 unspecified atom stereocenters. The number of hydrogen-bond donors (Lipinski definition) is 1. The first-order valence-corrected chi connectivity index (χ1v) is 5.40. The molecule has 6 nitrogen and oxygen atoms in total. The maximum absolute atomic E-state index is 11.4. The van der Waals surface area contributed by atoms with Gasteiger partial charge in [-0.05, 0) is 12.1 Å². The standard InChI is InChI=1S/C8H3NO5S/c10-7-3-1-2-4-6(5(3)7)8(11)9(12)15(4,13)14/h1-2,12H. The van der Waals surface area contributed by atoms with Crippen LogP contribution >= 0.6 is 0 Å². The highest BCUT2D eigenvalue weighted by Gasteiger charge is 2.44. The zero-order chi connectivity index (χ0) is 11.0. The lowest BCUT2D eigenvalue weighted by atomic mass is 10.2. The van der Waals surface area contributed by atoms with E-state index in [4.69, 9.17) is 5.21 Å². The second kappa shape index (κ2) is 2.10. The van der Waals surface area contributed by atoms with Gasteiger partial charge < -0.3 is 0 Å². The van der Waals surface area contributed by atoms with Crippen LogP contribution in [0.4, 0.5) is 0 Å². The molecule has 0 fully saturated rings. The average molecular weight is 225 g/mol. The van der Waals surface area contributed by atoms with Gasteiger partial charge >= 0.3 is 0 Å². The van der Waals surface area contributed by atoms with Gasteiger partial charge in [0.2, 0.25) is 0 Å². The van der Waals surface area contributed by atoms with Crippen LogP contribution in [0.15, 0.2) is 21.8 Å². The summed E-state index contributed by atoms with van der Waals surface area (Å²) in [7, 11) is -4.16. The van der Waals surface area contributed by atoms with Crippen LogP contribution < -0.4 is 5.43 Å². The topological polar surface area (TPSA) is 91.8 Å². The van der Waals surface area contributed by atoms with E-state index in [1.165, 1.54) is 6.07 Å². The Hall–Kier alpha value is -1.73. The summed E-state index contributed by atoms with van der Waals surface area (Å²) in [5, 5.41) is 9.51. The van der Waals surface area contributed by atoms with Gasteiger partial charge in [0.05, 0.1) is 5.56 Å². The van der Waals surface area contributed by atoms with E-state index in [0.717, 1.165) is 6.07 Å². The number of hydrogen-bond acceptors (Lipinski definition) is 5. The number of sulfonamides is 1. The summed E-state index contributed by atoms with van der Waals surface area (Å²) < 4.78 is 22.5. The SMILES string of the molecule is O=C1c2c(ccc3c(=O)c23)S(=O)(=O)N1O. The molecule has 0 radical (unpaired) electrons. The minimum absolute atomic E-state index is 0.109. The lowest BCUT2D eigenvalue weighted by molar-refractivity contribution is 0.0112. The summed E-state index contributed by atoms with van der Waals surface area (Å²) >= 11 is 0. The number of carbonyl (C=O) groups is 1. The van der Waals surface area contributed by atoms with Gasteiger partial charge in [-0.25, -0.2) is 0 Å².